The van der Waals surface area contributed by atoms with Crippen molar-refractivity contribution in [3.63, 3.8) is 0 Å². The van der Waals surface area contributed by atoms with Gasteiger partial charge in [-0.05, 0) is 49.2 Å². The Morgan fingerprint density at radius 1 is 1.08 bits per heavy atom. The van der Waals surface area contributed by atoms with E-state index in [1.807, 2.05) is 42.6 Å². The predicted molar refractivity (Wildman–Crippen MR) is 100 cm³/mol. The van der Waals surface area contributed by atoms with E-state index in [1.54, 1.807) is 0 Å². The Balaban J connectivity index is 1.41. The average Bonchev–Trinajstić information content (AvgIpc) is 2.64. The van der Waals surface area contributed by atoms with Crippen molar-refractivity contribution >= 4 is 5.82 Å². The maximum atomic E-state index is 10.3. The first-order valence-corrected chi connectivity index (χ1v) is 8.88. The number of piperazine rings is 1. The van der Waals surface area contributed by atoms with E-state index in [9.17, 15) is 5.11 Å². The highest BCUT2D eigenvalue weighted by Crippen LogP contribution is 2.17. The Hall–Kier alpha value is -2.11. The lowest BCUT2D eigenvalue weighted by molar-refractivity contribution is 0.0662. The fraction of sp³-hybridized carbons (Fsp3) is 0.450. The predicted octanol–water partition coefficient (Wildman–Crippen LogP) is 2.26. The largest absolute Gasteiger partial charge is 0.491 e. The lowest BCUT2D eigenvalue weighted by atomic mass is 10.1. The van der Waals surface area contributed by atoms with Gasteiger partial charge in [-0.2, -0.15) is 0 Å². The molecule has 1 aliphatic heterocycles. The van der Waals surface area contributed by atoms with Crippen LogP contribution in [0.4, 0.5) is 5.82 Å². The van der Waals surface area contributed by atoms with Gasteiger partial charge < -0.3 is 14.7 Å². The van der Waals surface area contributed by atoms with Crippen LogP contribution in [0.2, 0.25) is 0 Å². The molecule has 1 unspecified atom stereocenters. The zero-order valence-corrected chi connectivity index (χ0v) is 15.1. The number of aliphatic hydroxyl groups excluding tert-OH is 1. The van der Waals surface area contributed by atoms with E-state index in [0.717, 1.165) is 37.7 Å². The summed E-state index contributed by atoms with van der Waals surface area (Å²) in [5, 5.41) is 10.3. The van der Waals surface area contributed by atoms with E-state index in [2.05, 4.69) is 28.6 Å². The van der Waals surface area contributed by atoms with Crippen LogP contribution in [-0.2, 0) is 0 Å². The van der Waals surface area contributed by atoms with Crippen LogP contribution < -0.4 is 9.64 Å². The minimum Gasteiger partial charge on any atom is -0.491 e. The minimum absolute atomic E-state index is 0.322. The van der Waals surface area contributed by atoms with Crippen molar-refractivity contribution in [3.8, 4) is 5.75 Å². The second-order valence-corrected chi connectivity index (χ2v) is 6.69. The molecule has 5 heteroatoms. The number of hydrogen-bond acceptors (Lipinski definition) is 5. The number of ether oxygens (including phenoxy) is 1. The maximum Gasteiger partial charge on any atom is 0.128 e. The average molecular weight is 341 g/mol. The SMILES string of the molecule is Cc1ccc(OCC(O)CN2CCN(c3ccccn3)CC2)cc1C. The second kappa shape index (κ2) is 8.32. The van der Waals surface area contributed by atoms with Crippen LogP contribution in [0.15, 0.2) is 42.6 Å². The lowest BCUT2D eigenvalue weighted by Crippen LogP contribution is -2.49. The summed E-state index contributed by atoms with van der Waals surface area (Å²) in [6.07, 6.45) is 1.35. The number of aryl methyl sites for hydroxylation is 2. The smallest absolute Gasteiger partial charge is 0.128 e. The summed E-state index contributed by atoms with van der Waals surface area (Å²) in [7, 11) is 0. The summed E-state index contributed by atoms with van der Waals surface area (Å²) in [4.78, 5) is 8.97. The van der Waals surface area contributed by atoms with Crippen LogP contribution in [0.5, 0.6) is 5.75 Å². The number of β-amino-alcohol motifs (C(OH)–C–C–N with tert-alkyl or cyclic N) is 1. The Labute approximate surface area is 149 Å². The van der Waals surface area contributed by atoms with E-state index in [1.165, 1.54) is 11.1 Å². The molecule has 1 fully saturated rings. The quantitative estimate of drug-likeness (QED) is 0.873. The molecule has 1 saturated heterocycles. The molecule has 0 spiro atoms. The normalized spacial score (nSPS) is 16.7. The molecule has 0 aliphatic carbocycles. The number of hydrogen-bond donors (Lipinski definition) is 1. The number of nitrogens with zero attached hydrogens (tertiary/aromatic N) is 3. The van der Waals surface area contributed by atoms with Gasteiger partial charge in [-0.15, -0.1) is 0 Å². The number of aromatic nitrogens is 1. The zero-order valence-electron chi connectivity index (χ0n) is 15.1. The second-order valence-electron chi connectivity index (χ2n) is 6.69. The van der Waals surface area contributed by atoms with E-state index >= 15 is 0 Å². The molecule has 1 aromatic heterocycles. The van der Waals surface area contributed by atoms with Crippen molar-refractivity contribution in [1.29, 1.82) is 0 Å². The molecule has 2 heterocycles. The van der Waals surface area contributed by atoms with Crippen molar-refractivity contribution in [2.75, 3.05) is 44.2 Å². The van der Waals surface area contributed by atoms with Crippen molar-refractivity contribution in [1.82, 2.24) is 9.88 Å². The highest BCUT2D eigenvalue weighted by Gasteiger charge is 2.20. The Morgan fingerprint density at radius 2 is 1.88 bits per heavy atom. The van der Waals surface area contributed by atoms with Gasteiger partial charge in [0, 0.05) is 38.9 Å². The molecule has 0 saturated carbocycles. The van der Waals surface area contributed by atoms with Gasteiger partial charge in [0.15, 0.2) is 0 Å². The van der Waals surface area contributed by atoms with Crippen LogP contribution in [0, 0.1) is 13.8 Å². The van der Waals surface area contributed by atoms with Gasteiger partial charge in [0.25, 0.3) is 0 Å². The van der Waals surface area contributed by atoms with Crippen molar-refractivity contribution in [2.45, 2.75) is 20.0 Å². The highest BCUT2D eigenvalue weighted by atomic mass is 16.5. The van der Waals surface area contributed by atoms with Crippen molar-refractivity contribution < 1.29 is 9.84 Å². The fourth-order valence-corrected chi connectivity index (χ4v) is 3.05. The molecule has 25 heavy (non-hydrogen) atoms. The standard InChI is InChI=1S/C20H27N3O2/c1-16-6-7-19(13-17(16)2)25-15-18(24)14-22-9-11-23(12-10-22)20-5-3-4-8-21-20/h3-8,13,18,24H,9-12,14-15H2,1-2H3. The third kappa shape index (κ3) is 4.94. The number of pyridine rings is 1. The van der Waals surface area contributed by atoms with Crippen LogP contribution in [0.3, 0.4) is 0 Å². The van der Waals surface area contributed by atoms with Crippen LogP contribution in [-0.4, -0.2) is 60.4 Å². The molecule has 1 aliphatic rings. The first kappa shape index (κ1) is 17.7. The topological polar surface area (TPSA) is 48.8 Å². The van der Waals surface area contributed by atoms with Crippen molar-refractivity contribution in [3.05, 3.63) is 53.7 Å². The van der Waals surface area contributed by atoms with Gasteiger partial charge in [0.1, 0.15) is 24.3 Å². The van der Waals surface area contributed by atoms with E-state index < -0.39 is 6.10 Å². The van der Waals surface area contributed by atoms with Gasteiger partial charge in [-0.1, -0.05) is 12.1 Å². The molecule has 3 rings (SSSR count). The molecule has 5 nitrogen and oxygen atoms in total. The summed E-state index contributed by atoms with van der Waals surface area (Å²) >= 11 is 0. The summed E-state index contributed by atoms with van der Waals surface area (Å²) in [6.45, 7) is 8.83. The van der Waals surface area contributed by atoms with E-state index in [-0.39, 0.29) is 0 Å². The van der Waals surface area contributed by atoms with Crippen molar-refractivity contribution in [2.24, 2.45) is 0 Å². The third-order valence-corrected chi connectivity index (χ3v) is 4.74. The summed E-state index contributed by atoms with van der Waals surface area (Å²) < 4.78 is 5.74. The molecule has 0 bridgehead atoms. The van der Waals surface area contributed by atoms with Crippen LogP contribution >= 0.6 is 0 Å². The summed E-state index contributed by atoms with van der Waals surface area (Å²) in [5.74, 6) is 1.85. The van der Waals surface area contributed by atoms with Crippen LogP contribution in [0.1, 0.15) is 11.1 Å². The molecule has 1 atom stereocenters. The number of aliphatic hydroxyl groups is 1. The Morgan fingerprint density at radius 3 is 2.56 bits per heavy atom. The van der Waals surface area contributed by atoms with Gasteiger partial charge in [0.05, 0.1) is 0 Å². The summed E-state index contributed by atoms with van der Waals surface area (Å²) in [6, 6.07) is 12.0. The number of rotatable bonds is 6. The molecular formula is C20H27N3O2. The number of anilines is 1. The molecule has 0 radical (unpaired) electrons. The molecule has 1 N–H and O–H groups in total. The first-order chi connectivity index (χ1) is 12.1. The van der Waals surface area contributed by atoms with Gasteiger partial charge in [-0.25, -0.2) is 4.98 Å². The molecule has 134 valence electrons. The molecule has 2 aromatic rings. The molecule has 1 aromatic carbocycles. The third-order valence-electron chi connectivity index (χ3n) is 4.74. The maximum absolute atomic E-state index is 10.3. The Bertz CT molecular complexity index is 670. The van der Waals surface area contributed by atoms with E-state index in [0.29, 0.717) is 13.2 Å². The minimum atomic E-state index is -0.483. The van der Waals surface area contributed by atoms with Gasteiger partial charge >= 0.3 is 0 Å². The van der Waals surface area contributed by atoms with Gasteiger partial charge in [0.2, 0.25) is 0 Å². The van der Waals surface area contributed by atoms with Crippen LogP contribution in [0.25, 0.3) is 0 Å². The van der Waals surface area contributed by atoms with Gasteiger partial charge in [-0.3, -0.25) is 4.90 Å². The Kier molecular flexibility index (Phi) is 5.89. The first-order valence-electron chi connectivity index (χ1n) is 8.88. The highest BCUT2D eigenvalue weighted by molar-refractivity contribution is 5.38. The lowest BCUT2D eigenvalue weighted by Gasteiger charge is -2.36. The van der Waals surface area contributed by atoms with E-state index in [4.69, 9.17) is 4.74 Å². The zero-order chi connectivity index (χ0) is 17.6. The summed E-state index contributed by atoms with van der Waals surface area (Å²) in [5.41, 5.74) is 2.45. The number of benzene rings is 1. The molecular weight excluding hydrogens is 314 g/mol. The fourth-order valence-electron chi connectivity index (χ4n) is 3.05. The monoisotopic (exact) mass is 341 g/mol. The molecule has 0 amide bonds.